The fraction of sp³-hybridized carbons (Fsp3) is 0.647. The van der Waals surface area contributed by atoms with Crippen LogP contribution < -0.4 is 0 Å². The first kappa shape index (κ1) is 16.4. The van der Waals surface area contributed by atoms with Gasteiger partial charge in [-0.15, -0.1) is 11.8 Å². The van der Waals surface area contributed by atoms with E-state index in [1.165, 1.54) is 0 Å². The number of aliphatic imine (C=N–C) groups is 1. The zero-order valence-electron chi connectivity index (χ0n) is 14.1. The normalized spacial score (nSPS) is 29.9. The monoisotopic (exact) mass is 336 g/mol. The Kier molecular flexibility index (Phi) is 4.45. The molecule has 0 aromatic carbocycles. The Hall–Kier alpha value is -1.43. The highest BCUT2D eigenvalue weighted by atomic mass is 32.2. The maximum absolute atomic E-state index is 12.1. The van der Waals surface area contributed by atoms with E-state index >= 15 is 0 Å². The number of fused-ring (bicyclic) bond motifs is 1. The molecule has 2 aliphatic heterocycles. The van der Waals surface area contributed by atoms with Crippen LogP contribution in [-0.2, 0) is 9.47 Å². The average molecular weight is 336 g/mol. The SMILES string of the molecule is CC1=N[C@@H]2C=C(O[C@@H]3CCN(C(=O)OC(C)(C)C)C3)C=C[C@H]2S1. The van der Waals surface area contributed by atoms with Gasteiger partial charge in [0, 0.05) is 13.0 Å². The third-order valence-corrected chi connectivity index (χ3v) is 5.01. The van der Waals surface area contributed by atoms with Crippen molar-refractivity contribution < 1.29 is 14.3 Å². The zero-order chi connectivity index (χ0) is 16.6. The molecule has 0 N–H and O–H groups in total. The van der Waals surface area contributed by atoms with E-state index in [2.05, 4.69) is 17.1 Å². The van der Waals surface area contributed by atoms with Gasteiger partial charge in [0.15, 0.2) is 0 Å². The Morgan fingerprint density at radius 2 is 2.22 bits per heavy atom. The minimum absolute atomic E-state index is 0.0223. The molecular weight excluding hydrogens is 312 g/mol. The van der Waals surface area contributed by atoms with Crippen LogP contribution in [-0.4, -0.2) is 52.1 Å². The summed E-state index contributed by atoms with van der Waals surface area (Å²) in [5, 5.41) is 1.53. The third kappa shape index (κ3) is 4.10. The molecular formula is C17H24N2O3S. The predicted molar refractivity (Wildman–Crippen MR) is 92.8 cm³/mol. The molecule has 0 unspecified atom stereocenters. The number of allylic oxidation sites excluding steroid dienone is 1. The van der Waals surface area contributed by atoms with Crippen molar-refractivity contribution in [2.45, 2.75) is 57.1 Å². The van der Waals surface area contributed by atoms with Gasteiger partial charge in [-0.3, -0.25) is 4.99 Å². The third-order valence-electron chi connectivity index (χ3n) is 3.86. The molecule has 1 saturated heterocycles. The molecule has 126 valence electrons. The number of ether oxygens (including phenoxy) is 2. The van der Waals surface area contributed by atoms with Gasteiger partial charge in [-0.05, 0) is 39.8 Å². The van der Waals surface area contributed by atoms with Crippen molar-refractivity contribution in [1.29, 1.82) is 0 Å². The summed E-state index contributed by atoms with van der Waals surface area (Å²) in [5.41, 5.74) is -0.463. The number of nitrogens with zero attached hydrogens (tertiary/aromatic N) is 2. The maximum Gasteiger partial charge on any atom is 0.410 e. The molecule has 23 heavy (non-hydrogen) atoms. The second kappa shape index (κ2) is 6.23. The Morgan fingerprint density at radius 3 is 2.96 bits per heavy atom. The molecule has 0 saturated carbocycles. The summed E-state index contributed by atoms with van der Waals surface area (Å²) in [5.74, 6) is 0.862. The Morgan fingerprint density at radius 1 is 1.43 bits per heavy atom. The van der Waals surface area contributed by atoms with Crippen LogP contribution in [0.15, 0.2) is 29.0 Å². The number of carbonyl (C=O) groups excluding carboxylic acids is 1. The van der Waals surface area contributed by atoms with E-state index in [9.17, 15) is 4.79 Å². The molecule has 0 bridgehead atoms. The molecule has 1 amide bonds. The predicted octanol–water partition coefficient (Wildman–Crippen LogP) is 3.37. The topological polar surface area (TPSA) is 51.1 Å². The number of likely N-dealkylation sites (tertiary alicyclic amines) is 1. The lowest BCUT2D eigenvalue weighted by Crippen LogP contribution is -2.36. The summed E-state index contributed by atoms with van der Waals surface area (Å²) in [7, 11) is 0. The largest absolute Gasteiger partial charge is 0.489 e. The van der Waals surface area contributed by atoms with Gasteiger partial charge >= 0.3 is 6.09 Å². The summed E-state index contributed by atoms with van der Waals surface area (Å²) < 4.78 is 11.5. The molecule has 2 heterocycles. The van der Waals surface area contributed by atoms with Crippen LogP contribution in [0.5, 0.6) is 0 Å². The van der Waals surface area contributed by atoms with Gasteiger partial charge in [0.05, 0.1) is 22.9 Å². The standard InChI is InChI=1S/C17H24N2O3S/c1-11-18-14-9-12(5-6-15(14)23-11)21-13-7-8-19(10-13)16(20)22-17(2,3)4/h5-6,9,13-15H,7-8,10H2,1-4H3/t13-,14-,15-/m1/s1. The quantitative estimate of drug-likeness (QED) is 0.776. The van der Waals surface area contributed by atoms with E-state index in [-0.39, 0.29) is 18.2 Å². The number of thioether (sulfide) groups is 1. The molecule has 0 aromatic rings. The minimum atomic E-state index is -0.463. The lowest BCUT2D eigenvalue weighted by molar-refractivity contribution is 0.0260. The number of hydrogen-bond donors (Lipinski definition) is 0. The van der Waals surface area contributed by atoms with Crippen LogP contribution >= 0.6 is 11.8 Å². The second-order valence-corrected chi connectivity index (χ2v) is 8.48. The smallest absolute Gasteiger partial charge is 0.410 e. The van der Waals surface area contributed by atoms with Crippen LogP contribution in [0.3, 0.4) is 0 Å². The van der Waals surface area contributed by atoms with Gasteiger partial charge in [-0.2, -0.15) is 0 Å². The van der Waals surface area contributed by atoms with E-state index in [1.54, 1.807) is 16.7 Å². The van der Waals surface area contributed by atoms with E-state index in [0.717, 1.165) is 17.2 Å². The Balaban J connectivity index is 1.54. The maximum atomic E-state index is 12.1. The first-order chi connectivity index (χ1) is 10.8. The van der Waals surface area contributed by atoms with Crippen LogP contribution in [0.4, 0.5) is 4.79 Å². The van der Waals surface area contributed by atoms with Crippen molar-refractivity contribution in [3.05, 3.63) is 24.0 Å². The first-order valence-corrected chi connectivity index (χ1v) is 8.94. The summed E-state index contributed by atoms with van der Waals surface area (Å²) in [6.07, 6.45) is 6.86. The average Bonchev–Trinajstić information content (AvgIpc) is 3.02. The van der Waals surface area contributed by atoms with Crippen molar-refractivity contribution in [3.63, 3.8) is 0 Å². The molecule has 0 aromatic heterocycles. The molecule has 0 radical (unpaired) electrons. The first-order valence-electron chi connectivity index (χ1n) is 8.06. The van der Waals surface area contributed by atoms with Crippen LogP contribution in [0.1, 0.15) is 34.1 Å². The van der Waals surface area contributed by atoms with Gasteiger partial charge in [0.25, 0.3) is 0 Å². The van der Waals surface area contributed by atoms with Crippen LogP contribution in [0.25, 0.3) is 0 Å². The van der Waals surface area contributed by atoms with Crippen molar-refractivity contribution in [2.75, 3.05) is 13.1 Å². The molecule has 3 rings (SSSR count). The van der Waals surface area contributed by atoms with Crippen LogP contribution in [0.2, 0.25) is 0 Å². The molecule has 3 aliphatic rings. The van der Waals surface area contributed by atoms with Gasteiger partial charge in [-0.1, -0.05) is 6.08 Å². The summed E-state index contributed by atoms with van der Waals surface area (Å²) in [6.45, 7) is 8.93. The molecule has 6 heteroatoms. The lowest BCUT2D eigenvalue weighted by Gasteiger charge is -2.24. The molecule has 0 spiro atoms. The van der Waals surface area contributed by atoms with Crippen molar-refractivity contribution in [2.24, 2.45) is 4.99 Å². The van der Waals surface area contributed by atoms with E-state index in [0.29, 0.717) is 18.3 Å². The lowest BCUT2D eigenvalue weighted by atomic mass is 10.1. The van der Waals surface area contributed by atoms with Gasteiger partial charge in [-0.25, -0.2) is 4.79 Å². The fourth-order valence-electron chi connectivity index (χ4n) is 2.87. The summed E-state index contributed by atoms with van der Waals surface area (Å²) in [4.78, 5) is 18.4. The van der Waals surface area contributed by atoms with E-state index in [1.807, 2.05) is 33.8 Å². The van der Waals surface area contributed by atoms with Crippen LogP contribution in [0, 0.1) is 0 Å². The number of rotatable bonds is 2. The van der Waals surface area contributed by atoms with E-state index < -0.39 is 5.60 Å². The highest BCUT2D eigenvalue weighted by Crippen LogP contribution is 2.33. The molecule has 1 fully saturated rings. The van der Waals surface area contributed by atoms with E-state index in [4.69, 9.17) is 9.47 Å². The zero-order valence-corrected chi connectivity index (χ0v) is 14.9. The van der Waals surface area contributed by atoms with Crippen molar-refractivity contribution in [1.82, 2.24) is 4.90 Å². The molecule has 1 aliphatic carbocycles. The fourth-order valence-corrected chi connectivity index (χ4v) is 3.88. The van der Waals surface area contributed by atoms with Crippen molar-refractivity contribution in [3.8, 4) is 0 Å². The Bertz CT molecular complexity index is 577. The van der Waals surface area contributed by atoms with Gasteiger partial charge in [0.1, 0.15) is 17.5 Å². The molecule has 3 atom stereocenters. The molecule has 5 nitrogen and oxygen atoms in total. The van der Waals surface area contributed by atoms with Gasteiger partial charge < -0.3 is 14.4 Å². The Labute approximate surface area is 141 Å². The number of amides is 1. The summed E-state index contributed by atoms with van der Waals surface area (Å²) >= 11 is 1.80. The second-order valence-electron chi connectivity index (χ2n) is 7.10. The highest BCUT2D eigenvalue weighted by Gasteiger charge is 2.32. The van der Waals surface area contributed by atoms with Crippen molar-refractivity contribution >= 4 is 22.9 Å². The minimum Gasteiger partial charge on any atom is -0.489 e. The number of hydrogen-bond acceptors (Lipinski definition) is 5. The number of carbonyl (C=O) groups is 1. The summed E-state index contributed by atoms with van der Waals surface area (Å²) in [6, 6.07) is 0.184. The van der Waals surface area contributed by atoms with Gasteiger partial charge in [0.2, 0.25) is 0 Å². The highest BCUT2D eigenvalue weighted by molar-refractivity contribution is 8.14.